The SMILES string of the molecule is CCC(C)NC(=S)Nc1cc(Cl)ccc1Cl. The van der Waals surface area contributed by atoms with Crippen molar-refractivity contribution in [2.75, 3.05) is 5.32 Å². The van der Waals surface area contributed by atoms with Crippen molar-refractivity contribution in [3.05, 3.63) is 28.2 Å². The number of nitrogens with one attached hydrogen (secondary N) is 2. The van der Waals surface area contributed by atoms with Crippen LogP contribution in [-0.4, -0.2) is 11.2 Å². The van der Waals surface area contributed by atoms with Crippen LogP contribution in [-0.2, 0) is 0 Å². The molecular formula is C11H14Cl2N2S. The first-order valence-corrected chi connectivity index (χ1v) is 6.22. The standard InChI is InChI=1S/C11H14Cl2N2S/c1-3-7(2)14-11(16)15-10-6-8(12)4-5-9(10)13/h4-7H,3H2,1-2H3,(H2,14,15,16). The average Bonchev–Trinajstić information content (AvgIpc) is 2.23. The van der Waals surface area contributed by atoms with Crippen LogP contribution >= 0.6 is 35.4 Å². The zero-order valence-electron chi connectivity index (χ0n) is 9.18. The molecule has 0 aliphatic carbocycles. The molecular weight excluding hydrogens is 263 g/mol. The number of hydrogen-bond acceptors (Lipinski definition) is 1. The lowest BCUT2D eigenvalue weighted by Crippen LogP contribution is -2.35. The molecule has 2 N–H and O–H groups in total. The van der Waals surface area contributed by atoms with Crippen molar-refractivity contribution in [2.24, 2.45) is 0 Å². The lowest BCUT2D eigenvalue weighted by Gasteiger charge is -2.16. The van der Waals surface area contributed by atoms with Gasteiger partial charge in [0.2, 0.25) is 0 Å². The third kappa shape index (κ3) is 4.16. The van der Waals surface area contributed by atoms with Crippen molar-refractivity contribution in [2.45, 2.75) is 26.3 Å². The molecule has 0 fully saturated rings. The van der Waals surface area contributed by atoms with Crippen LogP contribution in [0.2, 0.25) is 10.0 Å². The Balaban J connectivity index is 2.65. The number of hydrogen-bond donors (Lipinski definition) is 2. The zero-order chi connectivity index (χ0) is 12.1. The Labute approximate surface area is 111 Å². The van der Waals surface area contributed by atoms with Gasteiger partial charge in [-0.15, -0.1) is 0 Å². The maximum Gasteiger partial charge on any atom is 0.171 e. The molecule has 0 spiro atoms. The number of anilines is 1. The summed E-state index contributed by atoms with van der Waals surface area (Å²) in [6.07, 6.45) is 1.01. The fourth-order valence-electron chi connectivity index (χ4n) is 1.08. The molecule has 1 rings (SSSR count). The van der Waals surface area contributed by atoms with Gasteiger partial charge < -0.3 is 10.6 Å². The summed E-state index contributed by atoms with van der Waals surface area (Å²) in [6, 6.07) is 5.55. The molecule has 0 saturated heterocycles. The van der Waals surface area contributed by atoms with E-state index in [-0.39, 0.29) is 0 Å². The van der Waals surface area contributed by atoms with E-state index in [4.69, 9.17) is 35.4 Å². The molecule has 1 aromatic carbocycles. The topological polar surface area (TPSA) is 24.1 Å². The van der Waals surface area contributed by atoms with Crippen LogP contribution in [0.25, 0.3) is 0 Å². The maximum absolute atomic E-state index is 6.00. The van der Waals surface area contributed by atoms with Crippen LogP contribution in [0.15, 0.2) is 18.2 Å². The van der Waals surface area contributed by atoms with Crippen molar-refractivity contribution in [3.8, 4) is 0 Å². The average molecular weight is 277 g/mol. The first-order valence-electron chi connectivity index (χ1n) is 5.05. The molecule has 0 aliphatic heterocycles. The monoisotopic (exact) mass is 276 g/mol. The van der Waals surface area contributed by atoms with Gasteiger partial charge >= 0.3 is 0 Å². The van der Waals surface area contributed by atoms with Crippen LogP contribution in [0.1, 0.15) is 20.3 Å². The van der Waals surface area contributed by atoms with Gasteiger partial charge in [-0.3, -0.25) is 0 Å². The minimum absolute atomic E-state index is 0.331. The first-order chi connectivity index (χ1) is 7.52. The fourth-order valence-corrected chi connectivity index (χ4v) is 1.73. The van der Waals surface area contributed by atoms with E-state index in [1.165, 1.54) is 0 Å². The Bertz CT molecular complexity index is 382. The number of halogens is 2. The lowest BCUT2D eigenvalue weighted by atomic mass is 10.3. The highest BCUT2D eigenvalue weighted by Gasteiger charge is 2.05. The van der Waals surface area contributed by atoms with Crippen molar-refractivity contribution in [1.82, 2.24) is 5.32 Å². The molecule has 1 atom stereocenters. The molecule has 88 valence electrons. The highest BCUT2D eigenvalue weighted by Crippen LogP contribution is 2.25. The summed E-state index contributed by atoms with van der Waals surface area (Å²) >= 11 is 17.0. The number of rotatable bonds is 3. The molecule has 1 unspecified atom stereocenters. The Kier molecular flexibility index (Phi) is 5.32. The summed E-state index contributed by atoms with van der Waals surface area (Å²) in [7, 11) is 0. The smallest absolute Gasteiger partial charge is 0.171 e. The predicted molar refractivity (Wildman–Crippen MR) is 75.6 cm³/mol. The highest BCUT2D eigenvalue weighted by molar-refractivity contribution is 7.80. The van der Waals surface area contributed by atoms with Crippen LogP contribution in [0.3, 0.4) is 0 Å². The first kappa shape index (κ1) is 13.6. The largest absolute Gasteiger partial charge is 0.360 e. The molecule has 0 aromatic heterocycles. The van der Waals surface area contributed by atoms with E-state index in [1.54, 1.807) is 18.2 Å². The van der Waals surface area contributed by atoms with Gasteiger partial charge in [0.1, 0.15) is 0 Å². The molecule has 0 heterocycles. The molecule has 0 aliphatic rings. The Morgan fingerprint density at radius 2 is 2.12 bits per heavy atom. The van der Waals surface area contributed by atoms with Crippen LogP contribution in [0.4, 0.5) is 5.69 Å². The van der Waals surface area contributed by atoms with E-state index >= 15 is 0 Å². The van der Waals surface area contributed by atoms with E-state index in [2.05, 4.69) is 24.5 Å². The minimum Gasteiger partial charge on any atom is -0.360 e. The molecule has 0 bridgehead atoms. The second-order valence-electron chi connectivity index (χ2n) is 3.53. The number of thiocarbonyl (C=S) groups is 1. The van der Waals surface area contributed by atoms with Crippen LogP contribution in [0.5, 0.6) is 0 Å². The van der Waals surface area contributed by atoms with Gasteiger partial charge in [-0.1, -0.05) is 30.1 Å². The molecule has 0 saturated carbocycles. The molecule has 0 amide bonds. The van der Waals surface area contributed by atoms with Crippen LogP contribution in [0, 0.1) is 0 Å². The maximum atomic E-state index is 6.00. The van der Waals surface area contributed by atoms with E-state index < -0.39 is 0 Å². The number of benzene rings is 1. The van der Waals surface area contributed by atoms with Gasteiger partial charge in [-0.05, 0) is 43.8 Å². The van der Waals surface area contributed by atoms with Gasteiger partial charge in [-0.2, -0.15) is 0 Å². The summed E-state index contributed by atoms with van der Waals surface area (Å²) in [5.74, 6) is 0. The van der Waals surface area contributed by atoms with Crippen molar-refractivity contribution in [1.29, 1.82) is 0 Å². The third-order valence-electron chi connectivity index (χ3n) is 2.17. The predicted octanol–water partition coefficient (Wildman–Crippen LogP) is 4.08. The van der Waals surface area contributed by atoms with Gasteiger partial charge in [0.25, 0.3) is 0 Å². The van der Waals surface area contributed by atoms with Crippen molar-refractivity contribution in [3.63, 3.8) is 0 Å². The van der Waals surface area contributed by atoms with Crippen molar-refractivity contribution >= 4 is 46.2 Å². The third-order valence-corrected chi connectivity index (χ3v) is 2.95. The second kappa shape index (κ2) is 6.28. The van der Waals surface area contributed by atoms with Gasteiger partial charge in [0, 0.05) is 11.1 Å². The van der Waals surface area contributed by atoms with Crippen molar-refractivity contribution < 1.29 is 0 Å². The second-order valence-corrected chi connectivity index (χ2v) is 4.78. The highest BCUT2D eigenvalue weighted by atomic mass is 35.5. The molecule has 1 aromatic rings. The Morgan fingerprint density at radius 3 is 2.75 bits per heavy atom. The minimum atomic E-state index is 0.331. The summed E-state index contributed by atoms with van der Waals surface area (Å²) in [5, 5.41) is 7.94. The van der Waals surface area contributed by atoms with Gasteiger partial charge in [0.05, 0.1) is 10.7 Å². The van der Waals surface area contributed by atoms with Gasteiger partial charge in [0.15, 0.2) is 5.11 Å². The molecule has 5 heteroatoms. The summed E-state index contributed by atoms with van der Waals surface area (Å²) in [6.45, 7) is 4.15. The van der Waals surface area contributed by atoms with E-state index in [0.29, 0.717) is 21.2 Å². The fraction of sp³-hybridized carbons (Fsp3) is 0.364. The summed E-state index contributed by atoms with van der Waals surface area (Å²) < 4.78 is 0. The van der Waals surface area contributed by atoms with Gasteiger partial charge in [-0.25, -0.2) is 0 Å². The molecule has 0 radical (unpaired) electrons. The molecule has 16 heavy (non-hydrogen) atoms. The summed E-state index contributed by atoms with van der Waals surface area (Å²) in [4.78, 5) is 0. The molecule has 2 nitrogen and oxygen atoms in total. The lowest BCUT2D eigenvalue weighted by molar-refractivity contribution is 0.646. The zero-order valence-corrected chi connectivity index (χ0v) is 11.5. The normalized spacial score (nSPS) is 12.0. The van der Waals surface area contributed by atoms with E-state index in [1.807, 2.05) is 0 Å². The quantitative estimate of drug-likeness (QED) is 0.814. The van der Waals surface area contributed by atoms with Crippen LogP contribution < -0.4 is 10.6 Å². The summed E-state index contributed by atoms with van der Waals surface area (Å²) in [5.41, 5.74) is 0.718. The van der Waals surface area contributed by atoms with E-state index in [0.717, 1.165) is 12.1 Å². The van der Waals surface area contributed by atoms with E-state index in [9.17, 15) is 0 Å². The Hall–Kier alpha value is -0.510. The Morgan fingerprint density at radius 1 is 1.44 bits per heavy atom.